The first-order chi connectivity index (χ1) is 9.52. The highest BCUT2D eigenvalue weighted by Crippen LogP contribution is 2.15. The van der Waals surface area contributed by atoms with Gasteiger partial charge in [-0.05, 0) is 25.5 Å². The Bertz CT molecular complexity index is 567. The number of hydrogen-bond acceptors (Lipinski definition) is 3. The van der Waals surface area contributed by atoms with Gasteiger partial charge in [-0.3, -0.25) is 9.59 Å². The number of nitrogens with zero attached hydrogens (tertiary/aromatic N) is 1. The summed E-state index contributed by atoms with van der Waals surface area (Å²) in [6, 6.07) is 8.94. The third-order valence-corrected chi connectivity index (χ3v) is 2.40. The Kier molecular flexibility index (Phi) is 5.98. The number of nitrogens with one attached hydrogen (secondary N) is 2. The van der Waals surface area contributed by atoms with Gasteiger partial charge in [-0.1, -0.05) is 23.8 Å². The first kappa shape index (κ1) is 15.4. The lowest BCUT2D eigenvalue weighted by Crippen LogP contribution is -2.22. The monoisotopic (exact) mass is 271 g/mol. The maximum absolute atomic E-state index is 11.5. The average molecular weight is 271 g/mol. The molecule has 5 heteroatoms. The van der Waals surface area contributed by atoms with Crippen molar-refractivity contribution < 1.29 is 9.59 Å². The van der Waals surface area contributed by atoms with Crippen molar-refractivity contribution in [3.8, 4) is 6.07 Å². The topological polar surface area (TPSA) is 82.0 Å². The number of carbonyl (C=O) groups is 2. The standard InChI is InChI=1S/C15H17N3O2/c1-11(2)9-15(20)17-10-12-5-3-4-6-13(12)18-14(19)7-8-16/h3-6,9H,7,10H2,1-2H3,(H,17,20)(H,18,19). The summed E-state index contributed by atoms with van der Waals surface area (Å²) >= 11 is 0. The van der Waals surface area contributed by atoms with E-state index in [-0.39, 0.29) is 18.2 Å². The van der Waals surface area contributed by atoms with Crippen molar-refractivity contribution in [1.29, 1.82) is 5.26 Å². The van der Waals surface area contributed by atoms with Crippen molar-refractivity contribution >= 4 is 17.5 Å². The zero-order chi connectivity index (χ0) is 15.0. The predicted octanol–water partition coefficient (Wildman–Crippen LogP) is 2.12. The number of benzene rings is 1. The SMILES string of the molecule is CC(C)=CC(=O)NCc1ccccc1NC(=O)CC#N. The zero-order valence-electron chi connectivity index (χ0n) is 11.6. The Labute approximate surface area is 118 Å². The second-order valence-corrected chi connectivity index (χ2v) is 4.48. The molecule has 1 aromatic rings. The largest absolute Gasteiger partial charge is 0.348 e. The van der Waals surface area contributed by atoms with Crippen LogP contribution in [0.25, 0.3) is 0 Å². The molecule has 0 unspecified atom stereocenters. The van der Waals surface area contributed by atoms with E-state index in [0.29, 0.717) is 12.2 Å². The summed E-state index contributed by atoms with van der Waals surface area (Å²) in [5.41, 5.74) is 2.30. The van der Waals surface area contributed by atoms with Crippen LogP contribution in [0.4, 0.5) is 5.69 Å². The lowest BCUT2D eigenvalue weighted by Gasteiger charge is -2.10. The number of hydrogen-bond donors (Lipinski definition) is 2. The first-order valence-electron chi connectivity index (χ1n) is 6.20. The fourth-order valence-corrected chi connectivity index (χ4v) is 1.56. The molecule has 104 valence electrons. The van der Waals surface area contributed by atoms with Crippen LogP contribution in [0.2, 0.25) is 0 Å². The van der Waals surface area contributed by atoms with Crippen molar-refractivity contribution in [1.82, 2.24) is 5.32 Å². The van der Waals surface area contributed by atoms with Crippen LogP contribution in [-0.4, -0.2) is 11.8 Å². The van der Waals surface area contributed by atoms with Crippen LogP contribution in [0, 0.1) is 11.3 Å². The summed E-state index contributed by atoms with van der Waals surface area (Å²) in [7, 11) is 0. The van der Waals surface area contributed by atoms with E-state index in [1.807, 2.05) is 26.0 Å². The van der Waals surface area contributed by atoms with E-state index >= 15 is 0 Å². The molecule has 0 aliphatic heterocycles. The number of rotatable bonds is 5. The summed E-state index contributed by atoms with van der Waals surface area (Å²) < 4.78 is 0. The van der Waals surface area contributed by atoms with Crippen LogP contribution in [0.1, 0.15) is 25.8 Å². The molecular formula is C15H17N3O2. The van der Waals surface area contributed by atoms with E-state index in [1.54, 1.807) is 18.2 Å². The van der Waals surface area contributed by atoms with E-state index in [1.165, 1.54) is 6.08 Å². The minimum atomic E-state index is -0.365. The Morgan fingerprint density at radius 3 is 2.65 bits per heavy atom. The summed E-state index contributed by atoms with van der Waals surface area (Å²) in [6.45, 7) is 4.00. The van der Waals surface area contributed by atoms with Gasteiger partial charge < -0.3 is 10.6 Å². The molecule has 1 rings (SSSR count). The molecule has 0 heterocycles. The van der Waals surface area contributed by atoms with Gasteiger partial charge >= 0.3 is 0 Å². The minimum Gasteiger partial charge on any atom is -0.348 e. The maximum atomic E-state index is 11.5. The molecular weight excluding hydrogens is 254 g/mol. The van der Waals surface area contributed by atoms with Gasteiger partial charge in [0.15, 0.2) is 0 Å². The van der Waals surface area contributed by atoms with E-state index in [0.717, 1.165) is 11.1 Å². The fraction of sp³-hybridized carbons (Fsp3) is 0.267. The third kappa shape index (κ3) is 5.36. The van der Waals surface area contributed by atoms with Crippen molar-refractivity contribution in [2.24, 2.45) is 0 Å². The van der Waals surface area contributed by atoms with Gasteiger partial charge in [-0.15, -0.1) is 0 Å². The third-order valence-electron chi connectivity index (χ3n) is 2.40. The smallest absolute Gasteiger partial charge is 0.244 e. The Morgan fingerprint density at radius 2 is 2.00 bits per heavy atom. The van der Waals surface area contributed by atoms with Crippen molar-refractivity contribution in [2.45, 2.75) is 26.8 Å². The molecule has 5 nitrogen and oxygen atoms in total. The fourth-order valence-electron chi connectivity index (χ4n) is 1.56. The average Bonchev–Trinajstić information content (AvgIpc) is 2.37. The number of allylic oxidation sites excluding steroid dienone is 1. The van der Waals surface area contributed by atoms with Gasteiger partial charge in [-0.2, -0.15) is 5.26 Å². The molecule has 0 saturated heterocycles. The van der Waals surface area contributed by atoms with Gasteiger partial charge in [0.2, 0.25) is 11.8 Å². The van der Waals surface area contributed by atoms with Crippen molar-refractivity contribution in [3.05, 3.63) is 41.5 Å². The quantitative estimate of drug-likeness (QED) is 0.805. The molecule has 20 heavy (non-hydrogen) atoms. The molecule has 0 atom stereocenters. The second-order valence-electron chi connectivity index (χ2n) is 4.48. The van der Waals surface area contributed by atoms with Gasteiger partial charge in [0.05, 0.1) is 6.07 Å². The first-order valence-corrected chi connectivity index (χ1v) is 6.20. The van der Waals surface area contributed by atoms with Crippen LogP contribution >= 0.6 is 0 Å². The van der Waals surface area contributed by atoms with Crippen LogP contribution in [0.5, 0.6) is 0 Å². The van der Waals surface area contributed by atoms with E-state index in [9.17, 15) is 9.59 Å². The molecule has 1 aromatic carbocycles. The van der Waals surface area contributed by atoms with Gasteiger partial charge in [0.1, 0.15) is 6.42 Å². The Morgan fingerprint density at radius 1 is 1.30 bits per heavy atom. The maximum Gasteiger partial charge on any atom is 0.244 e. The normalized spacial score (nSPS) is 9.25. The molecule has 0 aliphatic rings. The van der Waals surface area contributed by atoms with Crippen LogP contribution < -0.4 is 10.6 Å². The molecule has 2 N–H and O–H groups in total. The summed E-state index contributed by atoms with van der Waals surface area (Å²) in [4.78, 5) is 23.0. The predicted molar refractivity (Wildman–Crippen MR) is 76.6 cm³/mol. The highest BCUT2D eigenvalue weighted by molar-refractivity contribution is 5.93. The summed E-state index contributed by atoms with van der Waals surface area (Å²) in [5.74, 6) is -0.543. The van der Waals surface area contributed by atoms with Crippen molar-refractivity contribution in [2.75, 3.05) is 5.32 Å². The highest BCUT2D eigenvalue weighted by atomic mass is 16.2. The van der Waals surface area contributed by atoms with E-state index in [2.05, 4.69) is 10.6 Å². The number of anilines is 1. The van der Waals surface area contributed by atoms with Crippen molar-refractivity contribution in [3.63, 3.8) is 0 Å². The Balaban J connectivity index is 2.71. The number of para-hydroxylation sites is 1. The highest BCUT2D eigenvalue weighted by Gasteiger charge is 2.06. The summed E-state index contributed by atoms with van der Waals surface area (Å²) in [6.07, 6.45) is 1.31. The molecule has 0 aromatic heterocycles. The van der Waals surface area contributed by atoms with Crippen LogP contribution in [0.3, 0.4) is 0 Å². The molecule has 0 spiro atoms. The van der Waals surface area contributed by atoms with E-state index < -0.39 is 0 Å². The van der Waals surface area contributed by atoms with Gasteiger partial charge in [0.25, 0.3) is 0 Å². The molecule has 2 amide bonds. The number of carbonyl (C=O) groups excluding carboxylic acids is 2. The molecule has 0 radical (unpaired) electrons. The number of amides is 2. The molecule has 0 saturated carbocycles. The van der Waals surface area contributed by atoms with Gasteiger partial charge in [0, 0.05) is 18.3 Å². The zero-order valence-corrected chi connectivity index (χ0v) is 11.6. The molecule has 0 fully saturated rings. The second kappa shape index (κ2) is 7.74. The lowest BCUT2D eigenvalue weighted by atomic mass is 10.1. The van der Waals surface area contributed by atoms with Crippen LogP contribution in [-0.2, 0) is 16.1 Å². The Hall–Kier alpha value is -2.61. The molecule has 0 bridgehead atoms. The minimum absolute atomic E-state index is 0.178. The van der Waals surface area contributed by atoms with E-state index in [4.69, 9.17) is 5.26 Å². The molecule has 0 aliphatic carbocycles. The summed E-state index contributed by atoms with van der Waals surface area (Å²) in [5, 5.41) is 13.9. The number of nitriles is 1. The van der Waals surface area contributed by atoms with Crippen LogP contribution in [0.15, 0.2) is 35.9 Å². The van der Waals surface area contributed by atoms with Gasteiger partial charge in [-0.25, -0.2) is 0 Å². The lowest BCUT2D eigenvalue weighted by molar-refractivity contribution is -0.117.